The number of amides is 2. The second kappa shape index (κ2) is 6.38. The topological polar surface area (TPSA) is 84.6 Å². The number of carbonyl (C=O) groups is 2. The maximum absolute atomic E-state index is 14.0. The molecule has 2 amide bonds. The minimum atomic E-state index is -1.34. The first kappa shape index (κ1) is 17.0. The number of nitrogens with zero attached hydrogens (tertiary/aromatic N) is 3. The van der Waals surface area contributed by atoms with Gasteiger partial charge in [0.15, 0.2) is 5.82 Å². The van der Waals surface area contributed by atoms with Crippen molar-refractivity contribution in [3.8, 4) is 6.07 Å². The maximum atomic E-state index is 14.0. The summed E-state index contributed by atoms with van der Waals surface area (Å²) in [5.74, 6) is -3.41. The van der Waals surface area contributed by atoms with Gasteiger partial charge in [0.05, 0.1) is 17.7 Å². The number of anilines is 1. The third kappa shape index (κ3) is 3.05. The van der Waals surface area contributed by atoms with Gasteiger partial charge in [-0.15, -0.1) is 0 Å². The predicted octanol–water partition coefficient (Wildman–Crippen LogP) is 2.47. The summed E-state index contributed by atoms with van der Waals surface area (Å²) >= 11 is 5.48. The van der Waals surface area contributed by atoms with Crippen LogP contribution in [-0.4, -0.2) is 41.6 Å². The third-order valence-electron chi connectivity index (χ3n) is 3.72. The van der Waals surface area contributed by atoms with Gasteiger partial charge in [-0.2, -0.15) is 5.26 Å². The summed E-state index contributed by atoms with van der Waals surface area (Å²) in [6, 6.07) is 2.76. The molecule has 0 saturated carbocycles. The molecule has 122 valence electrons. The third-order valence-corrected chi connectivity index (χ3v) is 4.07. The zero-order valence-corrected chi connectivity index (χ0v) is 12.7. The fraction of sp³-hybridized carbons (Fsp3) is 0.357. The number of nitriles is 1. The summed E-state index contributed by atoms with van der Waals surface area (Å²) < 4.78 is 27.2. The quantitative estimate of drug-likeness (QED) is 0.836. The second-order valence-corrected chi connectivity index (χ2v) is 5.48. The van der Waals surface area contributed by atoms with Gasteiger partial charge in [0.1, 0.15) is 16.9 Å². The molecule has 1 aliphatic heterocycles. The highest BCUT2D eigenvalue weighted by molar-refractivity contribution is 6.31. The molecule has 0 bridgehead atoms. The van der Waals surface area contributed by atoms with Gasteiger partial charge in [0.2, 0.25) is 5.91 Å². The van der Waals surface area contributed by atoms with Gasteiger partial charge in [0, 0.05) is 13.6 Å². The van der Waals surface area contributed by atoms with Gasteiger partial charge in [-0.1, -0.05) is 11.6 Å². The number of rotatable bonds is 2. The van der Waals surface area contributed by atoms with E-state index in [1.165, 1.54) is 7.05 Å². The molecule has 1 aromatic rings. The fourth-order valence-corrected chi connectivity index (χ4v) is 2.65. The van der Waals surface area contributed by atoms with Crippen LogP contribution >= 0.6 is 11.6 Å². The molecule has 1 N–H and O–H groups in total. The summed E-state index contributed by atoms with van der Waals surface area (Å²) in [5.41, 5.74) is -0.271. The normalized spacial score (nSPS) is 20.2. The van der Waals surface area contributed by atoms with Gasteiger partial charge in [-0.25, -0.2) is 13.6 Å². The lowest BCUT2D eigenvalue weighted by Gasteiger charge is -2.26. The Balaban J connectivity index is 2.31. The van der Waals surface area contributed by atoms with Gasteiger partial charge in [0.25, 0.3) is 0 Å². The molecule has 0 spiro atoms. The molecule has 0 aliphatic carbocycles. The molecule has 6 nitrogen and oxygen atoms in total. The van der Waals surface area contributed by atoms with E-state index in [0.29, 0.717) is 0 Å². The highest BCUT2D eigenvalue weighted by atomic mass is 35.5. The van der Waals surface area contributed by atoms with Crippen molar-refractivity contribution < 1.29 is 23.5 Å². The molecule has 2 rings (SSSR count). The average molecular weight is 344 g/mol. The first-order valence-electron chi connectivity index (χ1n) is 6.58. The van der Waals surface area contributed by atoms with Crippen LogP contribution in [0.15, 0.2) is 12.1 Å². The number of hydrogen-bond acceptors (Lipinski definition) is 3. The van der Waals surface area contributed by atoms with Gasteiger partial charge in [-0.3, -0.25) is 9.69 Å². The highest BCUT2D eigenvalue weighted by Crippen LogP contribution is 2.30. The number of carboxylic acid groups (broad SMARTS) is 1. The molecule has 1 aliphatic rings. The molecule has 0 aromatic heterocycles. The van der Waals surface area contributed by atoms with Crippen molar-refractivity contribution in [1.82, 2.24) is 4.90 Å². The number of likely N-dealkylation sites (N-methyl/N-ethyl adjacent to an activating group) is 1. The van der Waals surface area contributed by atoms with Crippen LogP contribution in [0.2, 0.25) is 5.02 Å². The number of carbonyl (C=O) groups excluding carboxylic acids is 1. The van der Waals surface area contributed by atoms with Gasteiger partial charge >= 0.3 is 6.09 Å². The van der Waals surface area contributed by atoms with E-state index in [1.54, 1.807) is 0 Å². The summed E-state index contributed by atoms with van der Waals surface area (Å²) in [6.45, 7) is -0.0945. The van der Waals surface area contributed by atoms with Crippen molar-refractivity contribution in [3.05, 3.63) is 28.8 Å². The van der Waals surface area contributed by atoms with Crippen LogP contribution in [0.1, 0.15) is 6.42 Å². The fourth-order valence-electron chi connectivity index (χ4n) is 2.49. The van der Waals surface area contributed by atoms with Crippen molar-refractivity contribution >= 4 is 29.3 Å². The first-order valence-corrected chi connectivity index (χ1v) is 6.96. The van der Waals surface area contributed by atoms with Crippen LogP contribution in [0.25, 0.3) is 0 Å². The molecule has 23 heavy (non-hydrogen) atoms. The van der Waals surface area contributed by atoms with Crippen LogP contribution in [0, 0.1) is 28.9 Å². The lowest BCUT2D eigenvalue weighted by molar-refractivity contribution is -0.122. The molecule has 1 heterocycles. The van der Waals surface area contributed by atoms with E-state index < -0.39 is 40.6 Å². The molecular weight excluding hydrogens is 332 g/mol. The zero-order valence-electron chi connectivity index (χ0n) is 12.0. The van der Waals surface area contributed by atoms with E-state index in [4.69, 9.17) is 22.0 Å². The summed E-state index contributed by atoms with van der Waals surface area (Å²) in [5, 5.41) is 17.3. The maximum Gasteiger partial charge on any atom is 0.408 e. The van der Waals surface area contributed by atoms with Crippen molar-refractivity contribution in [2.75, 3.05) is 18.5 Å². The molecular formula is C14H12ClF2N3O3. The Morgan fingerprint density at radius 2 is 2.13 bits per heavy atom. The number of likely N-dealkylation sites (tertiary alicyclic amines) is 1. The van der Waals surface area contributed by atoms with E-state index in [-0.39, 0.29) is 18.7 Å². The standard InChI is InChI=1S/C14H12ClF2N3O3/c1-19(9-3-2-8(16)11(15)12(9)17)13(21)10-4-7(5-18)6-20(10)14(22)23/h2-3,7,10H,4,6H2,1H3,(H,22,23). The number of hydrogen-bond donors (Lipinski definition) is 1. The zero-order chi connectivity index (χ0) is 17.3. The van der Waals surface area contributed by atoms with E-state index in [2.05, 4.69) is 0 Å². The average Bonchev–Trinajstić information content (AvgIpc) is 2.96. The van der Waals surface area contributed by atoms with Crippen LogP contribution in [-0.2, 0) is 4.79 Å². The van der Waals surface area contributed by atoms with Gasteiger partial charge in [-0.05, 0) is 18.6 Å². The smallest absolute Gasteiger partial charge is 0.408 e. The van der Waals surface area contributed by atoms with Crippen LogP contribution in [0.5, 0.6) is 0 Å². The number of halogens is 3. The van der Waals surface area contributed by atoms with E-state index in [9.17, 15) is 18.4 Å². The van der Waals surface area contributed by atoms with Crippen LogP contribution in [0.4, 0.5) is 19.3 Å². The molecule has 9 heteroatoms. The predicted molar refractivity (Wildman–Crippen MR) is 77.0 cm³/mol. The molecule has 1 saturated heterocycles. The minimum Gasteiger partial charge on any atom is -0.465 e. The summed E-state index contributed by atoms with van der Waals surface area (Å²) in [7, 11) is 1.23. The van der Waals surface area contributed by atoms with Crippen molar-refractivity contribution in [3.63, 3.8) is 0 Å². The lowest BCUT2D eigenvalue weighted by Crippen LogP contribution is -2.46. The van der Waals surface area contributed by atoms with Crippen LogP contribution in [0.3, 0.4) is 0 Å². The minimum absolute atomic E-state index is 0.0164. The Bertz CT molecular complexity index is 707. The Hall–Kier alpha value is -2.40. The second-order valence-electron chi connectivity index (χ2n) is 5.10. The summed E-state index contributed by atoms with van der Waals surface area (Å²) in [4.78, 5) is 25.4. The molecule has 0 radical (unpaired) electrons. The van der Waals surface area contributed by atoms with Crippen LogP contribution < -0.4 is 4.90 Å². The molecule has 1 aromatic carbocycles. The number of benzene rings is 1. The molecule has 1 fully saturated rings. The van der Waals surface area contributed by atoms with Crippen molar-refractivity contribution in [1.29, 1.82) is 5.26 Å². The highest BCUT2D eigenvalue weighted by Gasteiger charge is 2.41. The molecule has 2 unspecified atom stereocenters. The summed E-state index contributed by atoms with van der Waals surface area (Å²) in [6.07, 6.45) is -1.32. The molecule has 2 atom stereocenters. The Morgan fingerprint density at radius 3 is 2.70 bits per heavy atom. The van der Waals surface area contributed by atoms with E-state index in [0.717, 1.165) is 21.9 Å². The van der Waals surface area contributed by atoms with Crippen molar-refractivity contribution in [2.45, 2.75) is 12.5 Å². The van der Waals surface area contributed by atoms with E-state index >= 15 is 0 Å². The van der Waals surface area contributed by atoms with E-state index in [1.807, 2.05) is 6.07 Å². The Kier molecular flexibility index (Phi) is 4.71. The largest absolute Gasteiger partial charge is 0.465 e. The van der Waals surface area contributed by atoms with Crippen molar-refractivity contribution in [2.24, 2.45) is 5.92 Å². The SMILES string of the molecule is CN(C(=O)C1CC(C#N)CN1C(=O)O)c1ccc(F)c(Cl)c1F. The Morgan fingerprint density at radius 1 is 1.48 bits per heavy atom. The Labute approximate surface area is 135 Å². The monoisotopic (exact) mass is 343 g/mol. The first-order chi connectivity index (χ1) is 10.8. The van der Waals surface area contributed by atoms with Gasteiger partial charge < -0.3 is 10.0 Å². The lowest BCUT2D eigenvalue weighted by atomic mass is 10.1.